The van der Waals surface area contributed by atoms with Crippen molar-refractivity contribution in [2.75, 3.05) is 12.5 Å². The quantitative estimate of drug-likeness (QED) is 0.383. The van der Waals surface area contributed by atoms with E-state index < -0.39 is 0 Å². The number of hydrogen-bond acceptors (Lipinski definition) is 6. The third kappa shape index (κ3) is 6.32. The van der Waals surface area contributed by atoms with Gasteiger partial charge >= 0.3 is 0 Å². The number of carbonyl (C=O) groups is 1. The Bertz CT molecular complexity index is 1100. The molecule has 34 heavy (non-hydrogen) atoms. The van der Waals surface area contributed by atoms with E-state index in [0.29, 0.717) is 23.4 Å². The van der Waals surface area contributed by atoms with Crippen LogP contribution in [0.2, 0.25) is 0 Å². The molecule has 1 amide bonds. The molecule has 0 spiro atoms. The molecule has 1 aliphatic heterocycles. The van der Waals surface area contributed by atoms with Gasteiger partial charge in [0.05, 0.1) is 12.3 Å². The van der Waals surface area contributed by atoms with Gasteiger partial charge in [0, 0.05) is 11.6 Å². The summed E-state index contributed by atoms with van der Waals surface area (Å²) in [6, 6.07) is 16.1. The van der Waals surface area contributed by atoms with Crippen LogP contribution in [0.5, 0.6) is 11.5 Å². The highest BCUT2D eigenvalue weighted by Crippen LogP contribution is 2.33. The van der Waals surface area contributed by atoms with Gasteiger partial charge in [-0.25, -0.2) is 0 Å². The topological polar surface area (TPSA) is 78.3 Å². The first-order valence-corrected chi connectivity index (χ1v) is 12.8. The highest BCUT2D eigenvalue weighted by atomic mass is 32.2. The molecule has 0 saturated carbocycles. The van der Waals surface area contributed by atoms with Gasteiger partial charge in [0.15, 0.2) is 22.5 Å². The van der Waals surface area contributed by atoms with E-state index in [1.54, 1.807) is 0 Å². The van der Waals surface area contributed by atoms with Crippen LogP contribution in [0.4, 0.5) is 0 Å². The van der Waals surface area contributed by atoms with Crippen LogP contribution in [0.15, 0.2) is 53.7 Å². The standard InChI is InChI=1S/C26H32N4O3S/c1-18(2)8-7-9-19(3)27-24(31)16-34-26-29-28-25(21-10-5-4-6-11-21)30(26)15-20-12-13-22-23(14-20)33-17-32-22/h4-6,10-14,18-19H,7-9,15-17H2,1-3H3,(H,27,31)/t19-/m0/s1. The highest BCUT2D eigenvalue weighted by Gasteiger charge is 2.19. The van der Waals surface area contributed by atoms with Gasteiger partial charge in [-0.3, -0.25) is 9.36 Å². The summed E-state index contributed by atoms with van der Waals surface area (Å²) in [4.78, 5) is 12.6. The number of thioether (sulfide) groups is 1. The molecule has 1 aromatic heterocycles. The van der Waals surface area contributed by atoms with Crippen molar-refractivity contribution in [1.82, 2.24) is 20.1 Å². The zero-order valence-electron chi connectivity index (χ0n) is 20.0. The molecule has 180 valence electrons. The molecule has 0 aliphatic carbocycles. The Morgan fingerprint density at radius 2 is 1.85 bits per heavy atom. The van der Waals surface area contributed by atoms with E-state index in [1.165, 1.54) is 18.2 Å². The van der Waals surface area contributed by atoms with Crippen LogP contribution in [-0.4, -0.2) is 39.3 Å². The first-order valence-electron chi connectivity index (χ1n) is 11.8. The number of amides is 1. The van der Waals surface area contributed by atoms with Crippen LogP contribution in [-0.2, 0) is 11.3 Å². The minimum atomic E-state index is 0.0148. The third-order valence-corrected chi connectivity index (χ3v) is 6.65. The Hall–Kier alpha value is -3.00. The lowest BCUT2D eigenvalue weighted by Gasteiger charge is -2.15. The van der Waals surface area contributed by atoms with Gasteiger partial charge in [0.2, 0.25) is 12.7 Å². The maximum atomic E-state index is 12.6. The number of benzene rings is 2. The number of fused-ring (bicyclic) bond motifs is 1. The lowest BCUT2D eigenvalue weighted by atomic mass is 10.0. The summed E-state index contributed by atoms with van der Waals surface area (Å²) in [5, 5.41) is 12.7. The van der Waals surface area contributed by atoms with Crippen molar-refractivity contribution in [3.05, 3.63) is 54.1 Å². The molecule has 1 N–H and O–H groups in total. The molecule has 2 heterocycles. The number of nitrogens with zero attached hydrogens (tertiary/aromatic N) is 3. The minimum Gasteiger partial charge on any atom is -0.454 e. The molecule has 8 heteroatoms. The Kier molecular flexibility index (Phi) is 8.11. The summed E-state index contributed by atoms with van der Waals surface area (Å²) in [5.41, 5.74) is 2.03. The van der Waals surface area contributed by atoms with E-state index >= 15 is 0 Å². The van der Waals surface area contributed by atoms with Crippen molar-refractivity contribution in [2.24, 2.45) is 5.92 Å². The Balaban J connectivity index is 1.45. The van der Waals surface area contributed by atoms with Crippen molar-refractivity contribution in [1.29, 1.82) is 0 Å². The van der Waals surface area contributed by atoms with Crippen LogP contribution in [0.1, 0.15) is 45.6 Å². The third-order valence-electron chi connectivity index (χ3n) is 5.68. The molecule has 0 bridgehead atoms. The first-order chi connectivity index (χ1) is 16.5. The lowest BCUT2D eigenvalue weighted by Crippen LogP contribution is -2.33. The molecule has 0 radical (unpaired) electrons. The maximum absolute atomic E-state index is 12.6. The molecule has 0 unspecified atom stereocenters. The van der Waals surface area contributed by atoms with Gasteiger partial charge in [-0.05, 0) is 37.0 Å². The fraction of sp³-hybridized carbons (Fsp3) is 0.423. The second kappa shape index (κ2) is 11.4. The molecule has 0 saturated heterocycles. The van der Waals surface area contributed by atoms with Crippen molar-refractivity contribution < 1.29 is 14.3 Å². The fourth-order valence-corrected chi connectivity index (χ4v) is 4.66. The number of carbonyl (C=O) groups excluding carboxylic acids is 1. The molecule has 3 aromatic rings. The van der Waals surface area contributed by atoms with E-state index in [-0.39, 0.29) is 18.7 Å². The molecule has 7 nitrogen and oxygen atoms in total. The van der Waals surface area contributed by atoms with Crippen molar-refractivity contribution in [3.63, 3.8) is 0 Å². The Morgan fingerprint density at radius 1 is 1.06 bits per heavy atom. The van der Waals surface area contributed by atoms with E-state index in [0.717, 1.165) is 41.3 Å². The van der Waals surface area contributed by atoms with Crippen LogP contribution in [0.25, 0.3) is 11.4 Å². The fourth-order valence-electron chi connectivity index (χ4n) is 3.91. The summed E-state index contributed by atoms with van der Waals surface area (Å²) in [7, 11) is 0. The molecular weight excluding hydrogens is 448 g/mol. The van der Waals surface area contributed by atoms with Gasteiger partial charge in [-0.1, -0.05) is 74.8 Å². The zero-order valence-corrected chi connectivity index (χ0v) is 20.8. The van der Waals surface area contributed by atoms with Crippen LogP contribution in [0, 0.1) is 5.92 Å². The number of aromatic nitrogens is 3. The van der Waals surface area contributed by atoms with Gasteiger partial charge in [0.1, 0.15) is 0 Å². The first kappa shape index (κ1) is 24.1. The van der Waals surface area contributed by atoms with E-state index in [2.05, 4.69) is 40.9 Å². The minimum absolute atomic E-state index is 0.0148. The second-order valence-electron chi connectivity index (χ2n) is 9.03. The predicted octanol–water partition coefficient (Wildman–Crippen LogP) is 5.15. The summed E-state index contributed by atoms with van der Waals surface area (Å²) < 4.78 is 13.0. The number of nitrogens with one attached hydrogen (secondary N) is 1. The number of rotatable bonds is 11. The Morgan fingerprint density at radius 3 is 2.65 bits per heavy atom. The average Bonchev–Trinajstić information content (AvgIpc) is 3.44. The van der Waals surface area contributed by atoms with Gasteiger partial charge in [-0.2, -0.15) is 0 Å². The Labute approximate surface area is 205 Å². The summed E-state index contributed by atoms with van der Waals surface area (Å²) in [5.74, 6) is 3.26. The largest absolute Gasteiger partial charge is 0.454 e. The van der Waals surface area contributed by atoms with Crippen LogP contribution >= 0.6 is 11.8 Å². The van der Waals surface area contributed by atoms with Crippen molar-refractivity contribution in [3.8, 4) is 22.9 Å². The van der Waals surface area contributed by atoms with E-state index in [4.69, 9.17) is 9.47 Å². The summed E-state index contributed by atoms with van der Waals surface area (Å²) in [6.45, 7) is 7.32. The number of hydrogen-bond donors (Lipinski definition) is 1. The molecule has 1 atom stereocenters. The SMILES string of the molecule is CC(C)CCC[C@H](C)NC(=O)CSc1nnc(-c2ccccc2)n1Cc1ccc2c(c1)OCO2. The van der Waals surface area contributed by atoms with Crippen LogP contribution in [0.3, 0.4) is 0 Å². The smallest absolute Gasteiger partial charge is 0.231 e. The van der Waals surface area contributed by atoms with Gasteiger partial charge < -0.3 is 14.8 Å². The predicted molar refractivity (Wildman–Crippen MR) is 134 cm³/mol. The maximum Gasteiger partial charge on any atom is 0.231 e. The highest BCUT2D eigenvalue weighted by molar-refractivity contribution is 7.99. The number of ether oxygens (including phenoxy) is 2. The molecule has 0 fully saturated rings. The normalized spacial score (nSPS) is 13.3. The monoisotopic (exact) mass is 480 g/mol. The molecular formula is C26H32N4O3S. The second-order valence-corrected chi connectivity index (χ2v) is 9.97. The molecule has 2 aromatic carbocycles. The van der Waals surface area contributed by atoms with Gasteiger partial charge in [0.25, 0.3) is 0 Å². The summed E-state index contributed by atoms with van der Waals surface area (Å²) >= 11 is 1.41. The van der Waals surface area contributed by atoms with E-state index in [1.807, 2.05) is 48.5 Å². The lowest BCUT2D eigenvalue weighted by molar-refractivity contribution is -0.119. The zero-order chi connectivity index (χ0) is 23.9. The molecule has 4 rings (SSSR count). The van der Waals surface area contributed by atoms with Gasteiger partial charge in [-0.15, -0.1) is 10.2 Å². The summed E-state index contributed by atoms with van der Waals surface area (Å²) in [6.07, 6.45) is 3.30. The van der Waals surface area contributed by atoms with Crippen molar-refractivity contribution in [2.45, 2.75) is 57.8 Å². The van der Waals surface area contributed by atoms with E-state index in [9.17, 15) is 4.79 Å². The van der Waals surface area contributed by atoms with Crippen molar-refractivity contribution >= 4 is 17.7 Å². The molecule has 1 aliphatic rings. The average molecular weight is 481 g/mol. The van der Waals surface area contributed by atoms with Crippen LogP contribution < -0.4 is 14.8 Å².